The van der Waals surface area contributed by atoms with Gasteiger partial charge in [0.05, 0.1) is 17.7 Å². The van der Waals surface area contributed by atoms with Crippen LogP contribution in [0.2, 0.25) is 5.02 Å². The van der Waals surface area contributed by atoms with E-state index >= 15 is 0 Å². The number of imide groups is 1. The standard InChI is InChI=1S/C27H22ClN3O6/c1-3-5-19-12-18(13-23-26(32)30(27(33)29-23)22-7-4-6-20(28)15-22)14-24(36-2)25(19)37-16-17-8-10-21(11-9-17)31(34)35/h3-4,6-15H,1,5,16H2,2H3,(H,29,33)/b23-13+. The normalized spacial score (nSPS) is 14.0. The van der Waals surface area contributed by atoms with E-state index < -0.39 is 16.9 Å². The Balaban J connectivity index is 1.61. The summed E-state index contributed by atoms with van der Waals surface area (Å²) in [4.78, 5) is 37.0. The van der Waals surface area contributed by atoms with Gasteiger partial charge in [0.2, 0.25) is 0 Å². The average molecular weight is 520 g/mol. The highest BCUT2D eigenvalue weighted by Crippen LogP contribution is 2.35. The van der Waals surface area contributed by atoms with Crippen LogP contribution in [0.15, 0.2) is 79.0 Å². The van der Waals surface area contributed by atoms with E-state index in [2.05, 4.69) is 11.9 Å². The molecular weight excluding hydrogens is 498 g/mol. The van der Waals surface area contributed by atoms with Crippen molar-refractivity contribution in [3.05, 3.63) is 111 Å². The number of carbonyl (C=O) groups is 2. The first-order valence-corrected chi connectivity index (χ1v) is 11.5. The number of hydrogen-bond acceptors (Lipinski definition) is 6. The lowest BCUT2D eigenvalue weighted by Gasteiger charge is -2.16. The smallest absolute Gasteiger partial charge is 0.333 e. The zero-order chi connectivity index (χ0) is 26.5. The predicted octanol–water partition coefficient (Wildman–Crippen LogP) is 5.66. The minimum absolute atomic E-state index is 0.00598. The molecule has 1 N–H and O–H groups in total. The SMILES string of the molecule is C=CCc1cc(/C=C2/NC(=O)N(c3cccc(Cl)c3)C2=O)cc(OC)c1OCc1ccc([N+](=O)[O-])cc1. The highest BCUT2D eigenvalue weighted by Gasteiger charge is 2.35. The minimum Gasteiger partial charge on any atom is -0.493 e. The molecule has 1 aliphatic heterocycles. The van der Waals surface area contributed by atoms with Crippen molar-refractivity contribution in [2.45, 2.75) is 13.0 Å². The minimum atomic E-state index is -0.583. The van der Waals surface area contributed by atoms with Crippen LogP contribution in [0.5, 0.6) is 11.5 Å². The summed E-state index contributed by atoms with van der Waals surface area (Å²) in [7, 11) is 1.49. The first kappa shape index (κ1) is 25.5. The average Bonchev–Trinajstić information content (AvgIpc) is 3.15. The second-order valence-corrected chi connectivity index (χ2v) is 8.46. The molecule has 0 radical (unpaired) electrons. The molecule has 0 atom stereocenters. The Morgan fingerprint density at radius 1 is 1.14 bits per heavy atom. The number of nitro groups is 1. The molecule has 1 aliphatic rings. The van der Waals surface area contributed by atoms with Crippen LogP contribution in [-0.2, 0) is 17.8 Å². The van der Waals surface area contributed by atoms with Crippen LogP contribution in [0, 0.1) is 10.1 Å². The van der Waals surface area contributed by atoms with Gasteiger partial charge in [-0.15, -0.1) is 6.58 Å². The molecule has 1 saturated heterocycles. The van der Waals surface area contributed by atoms with Crippen molar-refractivity contribution in [3.63, 3.8) is 0 Å². The van der Waals surface area contributed by atoms with Crippen molar-refractivity contribution in [2.75, 3.05) is 12.0 Å². The van der Waals surface area contributed by atoms with Gasteiger partial charge in [0.15, 0.2) is 11.5 Å². The summed E-state index contributed by atoms with van der Waals surface area (Å²) >= 11 is 6.02. The summed E-state index contributed by atoms with van der Waals surface area (Å²) in [6, 6.07) is 15.4. The van der Waals surface area contributed by atoms with Crippen molar-refractivity contribution < 1.29 is 24.0 Å². The molecule has 0 saturated carbocycles. The Hall–Kier alpha value is -4.63. The number of nitrogens with zero attached hydrogens (tertiary/aromatic N) is 2. The maximum absolute atomic E-state index is 13.0. The summed E-state index contributed by atoms with van der Waals surface area (Å²) in [5.74, 6) is 0.372. The topological polar surface area (TPSA) is 111 Å². The van der Waals surface area contributed by atoms with Gasteiger partial charge in [0, 0.05) is 22.7 Å². The number of benzene rings is 3. The monoisotopic (exact) mass is 519 g/mol. The van der Waals surface area contributed by atoms with Crippen LogP contribution in [0.3, 0.4) is 0 Å². The number of ether oxygens (including phenoxy) is 2. The zero-order valence-corrected chi connectivity index (χ0v) is 20.5. The van der Waals surface area contributed by atoms with Crippen molar-refractivity contribution in [3.8, 4) is 11.5 Å². The second-order valence-electron chi connectivity index (χ2n) is 8.03. The largest absolute Gasteiger partial charge is 0.493 e. The maximum Gasteiger partial charge on any atom is 0.333 e. The Morgan fingerprint density at radius 3 is 2.54 bits per heavy atom. The number of nitro benzene ring substituents is 1. The Bertz CT molecular complexity index is 1420. The third-order valence-corrected chi connectivity index (χ3v) is 5.76. The Morgan fingerprint density at radius 2 is 1.89 bits per heavy atom. The highest BCUT2D eigenvalue weighted by atomic mass is 35.5. The van der Waals surface area contributed by atoms with Gasteiger partial charge in [0.25, 0.3) is 11.6 Å². The number of allylic oxidation sites excluding steroid dienone is 1. The van der Waals surface area contributed by atoms with E-state index in [1.165, 1.54) is 25.3 Å². The van der Waals surface area contributed by atoms with E-state index in [1.54, 1.807) is 48.6 Å². The van der Waals surface area contributed by atoms with E-state index in [9.17, 15) is 19.7 Å². The van der Waals surface area contributed by atoms with Gasteiger partial charge in [-0.3, -0.25) is 14.9 Å². The number of halogens is 1. The van der Waals surface area contributed by atoms with Gasteiger partial charge in [-0.1, -0.05) is 23.7 Å². The summed E-state index contributed by atoms with van der Waals surface area (Å²) in [5, 5.41) is 13.9. The number of hydrogen-bond donors (Lipinski definition) is 1. The number of carbonyl (C=O) groups excluding carboxylic acids is 2. The fourth-order valence-electron chi connectivity index (χ4n) is 3.81. The third kappa shape index (κ3) is 5.62. The molecule has 0 spiro atoms. The molecule has 1 fully saturated rings. The number of urea groups is 1. The Kier molecular flexibility index (Phi) is 7.55. The molecule has 0 unspecified atom stereocenters. The van der Waals surface area contributed by atoms with E-state index in [4.69, 9.17) is 21.1 Å². The summed E-state index contributed by atoms with van der Waals surface area (Å²) < 4.78 is 11.6. The van der Waals surface area contributed by atoms with E-state index in [0.717, 1.165) is 16.0 Å². The Labute approximate surface area is 217 Å². The second kappa shape index (κ2) is 11.0. The van der Waals surface area contributed by atoms with Crippen molar-refractivity contribution in [2.24, 2.45) is 0 Å². The molecule has 3 aromatic carbocycles. The number of anilines is 1. The number of nitrogens with one attached hydrogen (secondary N) is 1. The first-order valence-electron chi connectivity index (χ1n) is 11.1. The molecule has 1 heterocycles. The van der Waals surface area contributed by atoms with Crippen LogP contribution in [0.4, 0.5) is 16.2 Å². The molecule has 0 aliphatic carbocycles. The van der Waals surface area contributed by atoms with E-state index in [0.29, 0.717) is 34.2 Å². The van der Waals surface area contributed by atoms with Gasteiger partial charge in [-0.05, 0) is 66.1 Å². The lowest BCUT2D eigenvalue weighted by Crippen LogP contribution is -2.30. The lowest BCUT2D eigenvalue weighted by atomic mass is 10.0. The van der Waals surface area contributed by atoms with E-state index in [-0.39, 0.29) is 18.0 Å². The van der Waals surface area contributed by atoms with Crippen molar-refractivity contribution in [1.82, 2.24) is 5.32 Å². The van der Waals surface area contributed by atoms with Crippen LogP contribution in [-0.4, -0.2) is 24.0 Å². The number of non-ortho nitro benzene ring substituents is 1. The highest BCUT2D eigenvalue weighted by molar-refractivity contribution is 6.32. The van der Waals surface area contributed by atoms with Gasteiger partial charge < -0.3 is 14.8 Å². The van der Waals surface area contributed by atoms with Crippen LogP contribution in [0.25, 0.3) is 6.08 Å². The molecule has 188 valence electrons. The first-order chi connectivity index (χ1) is 17.8. The number of amides is 3. The molecule has 0 bridgehead atoms. The molecule has 0 aromatic heterocycles. The number of rotatable bonds is 9. The molecular formula is C27H22ClN3O6. The van der Waals surface area contributed by atoms with Gasteiger partial charge in [-0.2, -0.15) is 0 Å². The van der Waals surface area contributed by atoms with Crippen LogP contribution < -0.4 is 19.7 Å². The molecule has 3 amide bonds. The summed E-state index contributed by atoms with van der Waals surface area (Å²) in [6.07, 6.45) is 3.70. The van der Waals surface area contributed by atoms with Crippen molar-refractivity contribution >= 4 is 41.0 Å². The molecule has 3 aromatic rings. The fraction of sp³-hybridized carbons (Fsp3) is 0.111. The molecule has 10 heteroatoms. The van der Waals surface area contributed by atoms with Crippen molar-refractivity contribution in [1.29, 1.82) is 0 Å². The zero-order valence-electron chi connectivity index (χ0n) is 19.8. The fourth-order valence-corrected chi connectivity index (χ4v) is 3.99. The molecule has 37 heavy (non-hydrogen) atoms. The predicted molar refractivity (Wildman–Crippen MR) is 140 cm³/mol. The van der Waals surface area contributed by atoms with Crippen LogP contribution >= 0.6 is 11.6 Å². The van der Waals surface area contributed by atoms with Gasteiger partial charge in [-0.25, -0.2) is 9.69 Å². The quantitative estimate of drug-likeness (QED) is 0.128. The third-order valence-electron chi connectivity index (χ3n) is 5.52. The van der Waals surface area contributed by atoms with Gasteiger partial charge in [0.1, 0.15) is 12.3 Å². The molecule has 9 nitrogen and oxygen atoms in total. The summed E-state index contributed by atoms with van der Waals surface area (Å²) in [5.41, 5.74) is 2.53. The number of methoxy groups -OCH3 is 1. The molecule has 4 rings (SSSR count). The van der Waals surface area contributed by atoms with E-state index in [1.807, 2.05) is 6.07 Å². The maximum atomic E-state index is 13.0. The lowest BCUT2D eigenvalue weighted by molar-refractivity contribution is -0.384. The van der Waals surface area contributed by atoms with Crippen LogP contribution in [0.1, 0.15) is 16.7 Å². The summed E-state index contributed by atoms with van der Waals surface area (Å²) in [6.45, 7) is 3.95. The van der Waals surface area contributed by atoms with Gasteiger partial charge >= 0.3 is 6.03 Å².